The monoisotopic (exact) mass is 439 g/mol. The van der Waals surface area contributed by atoms with Gasteiger partial charge in [0.25, 0.3) is 0 Å². The third-order valence-corrected chi connectivity index (χ3v) is 6.65. The highest BCUT2D eigenvalue weighted by molar-refractivity contribution is 6.28. The molecule has 0 unspecified atom stereocenters. The van der Waals surface area contributed by atoms with E-state index in [4.69, 9.17) is 14.0 Å². The van der Waals surface area contributed by atoms with E-state index < -0.39 is 0 Å². The molecule has 2 aliphatic heterocycles. The van der Waals surface area contributed by atoms with Crippen molar-refractivity contribution < 1.29 is 18.8 Å². The molecule has 1 aromatic heterocycles. The highest BCUT2D eigenvalue weighted by Gasteiger charge is 2.34. The second kappa shape index (κ2) is 7.00. The number of hydrogen-bond donors (Lipinski definition) is 1. The Bertz CT molecular complexity index is 1440. The predicted octanol–water partition coefficient (Wildman–Crippen LogP) is 5.15. The van der Waals surface area contributed by atoms with E-state index in [0.29, 0.717) is 35.9 Å². The molecule has 3 heterocycles. The smallest absolute Gasteiger partial charge is 0.196 e. The summed E-state index contributed by atoms with van der Waals surface area (Å²) in [6.45, 7) is 2.99. The Morgan fingerprint density at radius 1 is 0.909 bits per heavy atom. The van der Waals surface area contributed by atoms with Crippen molar-refractivity contribution in [3.63, 3.8) is 0 Å². The molecule has 0 radical (unpaired) electrons. The van der Waals surface area contributed by atoms with Gasteiger partial charge in [0.1, 0.15) is 18.7 Å². The van der Waals surface area contributed by atoms with Crippen molar-refractivity contribution in [2.24, 2.45) is 0 Å². The van der Waals surface area contributed by atoms with Crippen LogP contribution in [0.2, 0.25) is 0 Å². The summed E-state index contributed by atoms with van der Waals surface area (Å²) in [5.41, 5.74) is 5.32. The summed E-state index contributed by atoms with van der Waals surface area (Å²) in [5, 5.41) is 8.71. The van der Waals surface area contributed by atoms with Gasteiger partial charge < -0.3 is 24.2 Å². The zero-order valence-electron chi connectivity index (χ0n) is 17.9. The number of fused-ring (bicyclic) bond motifs is 3. The molecule has 3 aromatic carbocycles. The summed E-state index contributed by atoms with van der Waals surface area (Å²) in [7, 11) is 0. The fourth-order valence-corrected chi connectivity index (χ4v) is 5.12. The van der Waals surface area contributed by atoms with Crippen LogP contribution >= 0.6 is 0 Å². The van der Waals surface area contributed by atoms with Gasteiger partial charge in [-0.1, -0.05) is 29.4 Å². The third kappa shape index (κ3) is 2.75. The van der Waals surface area contributed by atoms with Gasteiger partial charge in [-0.05, 0) is 31.0 Å². The van der Waals surface area contributed by atoms with Crippen molar-refractivity contribution in [1.82, 2.24) is 5.16 Å². The van der Waals surface area contributed by atoms with Gasteiger partial charge in [0.05, 0.1) is 22.3 Å². The van der Waals surface area contributed by atoms with Crippen molar-refractivity contribution >= 4 is 33.7 Å². The first-order valence-electron chi connectivity index (χ1n) is 11.3. The summed E-state index contributed by atoms with van der Waals surface area (Å²) in [5.74, 6) is 2.05. The van der Waals surface area contributed by atoms with Gasteiger partial charge >= 0.3 is 0 Å². The van der Waals surface area contributed by atoms with Gasteiger partial charge in [-0.15, -0.1) is 0 Å². The molecule has 0 atom stereocenters. The highest BCUT2D eigenvalue weighted by Crippen LogP contribution is 2.47. The van der Waals surface area contributed by atoms with Crippen LogP contribution in [0.5, 0.6) is 11.5 Å². The average molecular weight is 439 g/mol. The van der Waals surface area contributed by atoms with Crippen LogP contribution in [0.1, 0.15) is 28.8 Å². The SMILES string of the molecule is O=C1c2ccccc2-c2onc3c(N4CCCC4)cc(Nc4ccc5c(c4)OCCO5)c1c23. The van der Waals surface area contributed by atoms with Gasteiger partial charge in [-0.2, -0.15) is 0 Å². The largest absolute Gasteiger partial charge is 0.486 e. The van der Waals surface area contributed by atoms with Crippen molar-refractivity contribution in [1.29, 1.82) is 0 Å². The van der Waals surface area contributed by atoms with Crippen LogP contribution in [0.3, 0.4) is 0 Å². The lowest BCUT2D eigenvalue weighted by molar-refractivity contribution is 0.104. The summed E-state index contributed by atoms with van der Waals surface area (Å²) >= 11 is 0. The number of ether oxygens (including phenoxy) is 2. The minimum atomic E-state index is -0.0284. The fraction of sp³-hybridized carbons (Fsp3) is 0.231. The van der Waals surface area contributed by atoms with Gasteiger partial charge in [0, 0.05) is 36.0 Å². The maximum absolute atomic E-state index is 13.7. The summed E-state index contributed by atoms with van der Waals surface area (Å²) < 4.78 is 17.3. The number of aromatic nitrogens is 1. The number of nitrogens with one attached hydrogen (secondary N) is 1. The fourth-order valence-electron chi connectivity index (χ4n) is 5.12. The molecule has 1 aliphatic carbocycles. The van der Waals surface area contributed by atoms with Crippen LogP contribution < -0.4 is 19.7 Å². The zero-order chi connectivity index (χ0) is 21.9. The van der Waals surface area contributed by atoms with E-state index in [1.54, 1.807) is 0 Å². The second-order valence-corrected chi connectivity index (χ2v) is 8.61. The van der Waals surface area contributed by atoms with Gasteiger partial charge in [-0.3, -0.25) is 4.79 Å². The van der Waals surface area contributed by atoms with Crippen molar-refractivity contribution in [2.45, 2.75) is 12.8 Å². The van der Waals surface area contributed by atoms with E-state index in [1.165, 1.54) is 0 Å². The Kier molecular flexibility index (Phi) is 3.94. The van der Waals surface area contributed by atoms with E-state index in [1.807, 2.05) is 48.5 Å². The summed E-state index contributed by atoms with van der Waals surface area (Å²) in [4.78, 5) is 16.0. The first-order chi connectivity index (χ1) is 16.3. The number of ketones is 1. The molecule has 4 aromatic rings. The predicted molar refractivity (Wildman–Crippen MR) is 125 cm³/mol. The number of carbonyl (C=O) groups excluding carboxylic acids is 1. The standard InChI is InChI=1S/C26H21N3O4/c30-25-16-5-1-2-6-17(16)26-23-22(25)18(14-19(24(23)28-33-26)29-9-3-4-10-29)27-15-7-8-20-21(13-15)32-12-11-31-20/h1-2,5-8,13-14,27H,3-4,9-12H2. The van der Waals surface area contributed by atoms with Crippen LogP contribution in [-0.2, 0) is 0 Å². The Morgan fingerprint density at radius 2 is 1.70 bits per heavy atom. The van der Waals surface area contributed by atoms with Crippen molar-refractivity contribution in [2.75, 3.05) is 36.5 Å². The summed E-state index contributed by atoms with van der Waals surface area (Å²) in [6, 6.07) is 15.4. The Labute approximate surface area is 189 Å². The molecule has 0 saturated carbocycles. The normalized spacial score (nSPS) is 16.2. The minimum Gasteiger partial charge on any atom is -0.486 e. The second-order valence-electron chi connectivity index (χ2n) is 8.61. The molecular weight excluding hydrogens is 418 g/mol. The number of rotatable bonds is 3. The van der Waals surface area contributed by atoms with E-state index in [0.717, 1.165) is 65.2 Å². The first kappa shape index (κ1) is 18.6. The number of hydrogen-bond acceptors (Lipinski definition) is 7. The topological polar surface area (TPSA) is 76.8 Å². The molecule has 1 fully saturated rings. The van der Waals surface area contributed by atoms with Crippen molar-refractivity contribution in [3.8, 4) is 22.8 Å². The van der Waals surface area contributed by atoms with E-state index in [-0.39, 0.29) is 5.78 Å². The van der Waals surface area contributed by atoms with Gasteiger partial charge in [0.2, 0.25) is 0 Å². The number of nitrogens with zero attached hydrogens (tertiary/aromatic N) is 2. The van der Waals surface area contributed by atoms with Crippen LogP contribution in [-0.4, -0.2) is 37.2 Å². The number of carbonyl (C=O) groups is 1. The lowest BCUT2D eigenvalue weighted by atomic mass is 9.86. The van der Waals surface area contributed by atoms with Crippen LogP contribution in [0.25, 0.3) is 22.2 Å². The molecule has 1 N–H and O–H groups in total. The van der Waals surface area contributed by atoms with Gasteiger partial charge in [-0.25, -0.2) is 0 Å². The Balaban J connectivity index is 1.44. The van der Waals surface area contributed by atoms with Crippen LogP contribution in [0, 0.1) is 0 Å². The average Bonchev–Trinajstić information content (AvgIpc) is 3.54. The maximum atomic E-state index is 13.7. The quantitative estimate of drug-likeness (QED) is 0.416. The lowest BCUT2D eigenvalue weighted by Crippen LogP contribution is -2.19. The molecule has 33 heavy (non-hydrogen) atoms. The van der Waals surface area contributed by atoms with Crippen LogP contribution in [0.15, 0.2) is 53.1 Å². The molecule has 1 saturated heterocycles. The van der Waals surface area contributed by atoms with E-state index >= 15 is 0 Å². The molecule has 164 valence electrons. The van der Waals surface area contributed by atoms with E-state index in [9.17, 15) is 4.79 Å². The molecule has 0 bridgehead atoms. The van der Waals surface area contributed by atoms with Gasteiger partial charge in [0.15, 0.2) is 23.0 Å². The third-order valence-electron chi connectivity index (χ3n) is 6.65. The number of anilines is 3. The zero-order valence-corrected chi connectivity index (χ0v) is 17.9. The Hall–Kier alpha value is -4.00. The molecule has 0 amide bonds. The minimum absolute atomic E-state index is 0.0284. The van der Waals surface area contributed by atoms with E-state index in [2.05, 4.69) is 15.4 Å². The summed E-state index contributed by atoms with van der Waals surface area (Å²) in [6.07, 6.45) is 2.28. The molecule has 3 aliphatic rings. The molecule has 7 heteroatoms. The van der Waals surface area contributed by atoms with Crippen molar-refractivity contribution in [3.05, 3.63) is 59.7 Å². The first-order valence-corrected chi connectivity index (χ1v) is 11.3. The Morgan fingerprint density at radius 3 is 2.55 bits per heavy atom. The van der Waals surface area contributed by atoms with Crippen LogP contribution in [0.4, 0.5) is 17.1 Å². The number of benzene rings is 3. The highest BCUT2D eigenvalue weighted by atomic mass is 16.6. The maximum Gasteiger partial charge on any atom is 0.196 e. The molecular formula is C26H21N3O4. The molecule has 7 nitrogen and oxygen atoms in total. The molecule has 0 spiro atoms. The lowest BCUT2D eigenvalue weighted by Gasteiger charge is -2.24. The molecule has 7 rings (SSSR count).